The molecule has 1 aliphatic rings. The number of hydrogen-bond donors (Lipinski definition) is 1. The molecule has 4 heteroatoms. The van der Waals surface area contributed by atoms with Crippen LogP contribution in [0.2, 0.25) is 0 Å². The summed E-state index contributed by atoms with van der Waals surface area (Å²) in [6.45, 7) is 6.15. The Morgan fingerprint density at radius 2 is 2.00 bits per heavy atom. The monoisotopic (exact) mass is 326 g/mol. The molecule has 1 unspecified atom stereocenters. The molecule has 0 fully saturated rings. The molecule has 1 N–H and O–H groups in total. The summed E-state index contributed by atoms with van der Waals surface area (Å²) in [7, 11) is 0. The van der Waals surface area contributed by atoms with Crippen molar-refractivity contribution < 1.29 is 9.18 Å². The minimum atomic E-state index is -0.256. The molecule has 3 rings (SSSR count). The number of carbonyl (C=O) groups excluding carboxylic acids is 1. The lowest BCUT2D eigenvalue weighted by molar-refractivity contribution is -0.116. The molecule has 0 radical (unpaired) electrons. The van der Waals surface area contributed by atoms with Gasteiger partial charge in [0.2, 0.25) is 5.91 Å². The van der Waals surface area contributed by atoms with E-state index in [1.807, 2.05) is 13.0 Å². The van der Waals surface area contributed by atoms with Crippen LogP contribution in [0.5, 0.6) is 0 Å². The lowest BCUT2D eigenvalue weighted by Crippen LogP contribution is -2.19. The highest BCUT2D eigenvalue weighted by Gasteiger charge is 2.18. The summed E-state index contributed by atoms with van der Waals surface area (Å²) < 4.78 is 13.0. The van der Waals surface area contributed by atoms with Gasteiger partial charge in [-0.1, -0.05) is 25.1 Å². The highest BCUT2D eigenvalue weighted by Crippen LogP contribution is 2.30. The zero-order valence-electron chi connectivity index (χ0n) is 14.2. The molecule has 24 heavy (non-hydrogen) atoms. The lowest BCUT2D eigenvalue weighted by atomic mass is 9.97. The number of benzene rings is 2. The normalized spacial score (nSPS) is 14.4. The fourth-order valence-corrected chi connectivity index (χ4v) is 3.25. The predicted octanol–water partition coefficient (Wildman–Crippen LogP) is 4.34. The molecule has 126 valence electrons. The van der Waals surface area contributed by atoms with Crippen LogP contribution in [0.3, 0.4) is 0 Å². The maximum atomic E-state index is 13.0. The zero-order valence-corrected chi connectivity index (χ0v) is 14.2. The summed E-state index contributed by atoms with van der Waals surface area (Å²) in [5, 5.41) is 2.99. The Labute approximate surface area is 142 Å². The Bertz CT molecular complexity index is 727. The van der Waals surface area contributed by atoms with Crippen molar-refractivity contribution in [3.63, 3.8) is 0 Å². The Hall–Kier alpha value is -2.36. The minimum absolute atomic E-state index is 0.0205. The fraction of sp³-hybridized carbons (Fsp3) is 0.350. The van der Waals surface area contributed by atoms with Crippen molar-refractivity contribution in [2.24, 2.45) is 0 Å². The molecule has 1 heterocycles. The van der Waals surface area contributed by atoms with E-state index in [0.29, 0.717) is 6.42 Å². The minimum Gasteiger partial charge on any atom is -0.371 e. The molecule has 2 aromatic carbocycles. The number of carbonyl (C=O) groups is 1. The zero-order chi connectivity index (χ0) is 17.1. The number of amides is 1. The highest BCUT2D eigenvalue weighted by atomic mass is 19.1. The van der Waals surface area contributed by atoms with Crippen LogP contribution in [0.15, 0.2) is 42.5 Å². The number of nitrogens with one attached hydrogen (secondary N) is 1. The number of nitrogens with zero attached hydrogens (tertiary/aromatic N) is 1. The van der Waals surface area contributed by atoms with Gasteiger partial charge in [0.1, 0.15) is 5.82 Å². The summed E-state index contributed by atoms with van der Waals surface area (Å²) in [5.41, 5.74) is 4.37. The smallest absolute Gasteiger partial charge is 0.224 e. The quantitative estimate of drug-likeness (QED) is 0.886. The van der Waals surface area contributed by atoms with E-state index >= 15 is 0 Å². The van der Waals surface area contributed by atoms with Gasteiger partial charge in [-0.15, -0.1) is 0 Å². The van der Waals surface area contributed by atoms with E-state index < -0.39 is 0 Å². The number of rotatable bonds is 5. The summed E-state index contributed by atoms with van der Waals surface area (Å²) >= 11 is 0. The first-order valence-corrected chi connectivity index (χ1v) is 8.50. The molecule has 0 aromatic heterocycles. The van der Waals surface area contributed by atoms with Gasteiger partial charge >= 0.3 is 0 Å². The molecule has 2 aromatic rings. The van der Waals surface area contributed by atoms with Gasteiger partial charge in [0.05, 0.1) is 0 Å². The summed E-state index contributed by atoms with van der Waals surface area (Å²) in [6, 6.07) is 12.5. The van der Waals surface area contributed by atoms with Gasteiger partial charge in [-0.25, -0.2) is 4.39 Å². The van der Waals surface area contributed by atoms with Gasteiger partial charge in [0, 0.05) is 30.9 Å². The van der Waals surface area contributed by atoms with Gasteiger partial charge in [0.15, 0.2) is 0 Å². The van der Waals surface area contributed by atoms with Crippen LogP contribution in [-0.4, -0.2) is 19.0 Å². The van der Waals surface area contributed by atoms with Crippen molar-refractivity contribution in [3.05, 3.63) is 59.4 Å². The van der Waals surface area contributed by atoms with E-state index in [4.69, 9.17) is 0 Å². The molecule has 0 aliphatic carbocycles. The second kappa shape index (κ2) is 7.04. The second-order valence-electron chi connectivity index (χ2n) is 6.38. The SMILES string of the molecule is CCN1CCc2ccc(NC(=O)CC(C)c3ccc(F)cc3)cc21. The summed E-state index contributed by atoms with van der Waals surface area (Å²) in [6.07, 6.45) is 1.44. The third-order valence-electron chi connectivity index (χ3n) is 4.67. The first-order valence-electron chi connectivity index (χ1n) is 8.50. The third kappa shape index (κ3) is 3.58. The van der Waals surface area contributed by atoms with Crippen molar-refractivity contribution in [2.45, 2.75) is 32.6 Å². The molecular formula is C20H23FN2O. The summed E-state index contributed by atoms with van der Waals surface area (Å²) in [5.74, 6) is -0.228. The number of halogens is 1. The van der Waals surface area contributed by atoms with Crippen molar-refractivity contribution in [1.82, 2.24) is 0 Å². The van der Waals surface area contributed by atoms with Crippen LogP contribution in [0, 0.1) is 5.82 Å². The van der Waals surface area contributed by atoms with Gasteiger partial charge in [-0.05, 0) is 54.7 Å². The van der Waals surface area contributed by atoms with Crippen molar-refractivity contribution in [3.8, 4) is 0 Å². The maximum Gasteiger partial charge on any atom is 0.224 e. The van der Waals surface area contributed by atoms with E-state index in [0.717, 1.165) is 30.8 Å². The fourth-order valence-electron chi connectivity index (χ4n) is 3.25. The molecule has 0 spiro atoms. The standard InChI is InChI=1S/C20H23FN2O/c1-3-23-11-10-16-6-9-18(13-19(16)23)22-20(24)12-14(2)15-4-7-17(21)8-5-15/h4-9,13-14H,3,10-12H2,1-2H3,(H,22,24). The van der Waals surface area contributed by atoms with Crippen LogP contribution in [0.1, 0.15) is 37.3 Å². The lowest BCUT2D eigenvalue weighted by Gasteiger charge is -2.18. The number of likely N-dealkylation sites (N-methyl/N-ethyl adjacent to an activating group) is 1. The van der Waals surface area contributed by atoms with E-state index in [1.165, 1.54) is 23.4 Å². The first kappa shape index (κ1) is 16.5. The molecular weight excluding hydrogens is 303 g/mol. The first-order chi connectivity index (χ1) is 11.6. The Morgan fingerprint density at radius 3 is 2.71 bits per heavy atom. The number of hydrogen-bond acceptors (Lipinski definition) is 2. The molecule has 0 saturated carbocycles. The predicted molar refractivity (Wildman–Crippen MR) is 96.1 cm³/mol. The van der Waals surface area contributed by atoms with Crippen molar-refractivity contribution in [1.29, 1.82) is 0 Å². The summed E-state index contributed by atoms with van der Waals surface area (Å²) in [4.78, 5) is 14.6. The van der Waals surface area contributed by atoms with Gasteiger partial charge in [-0.2, -0.15) is 0 Å². The average Bonchev–Trinajstić information content (AvgIpc) is 2.97. The maximum absolute atomic E-state index is 13.0. The Kier molecular flexibility index (Phi) is 4.84. The number of anilines is 2. The van der Waals surface area contributed by atoms with Crippen LogP contribution in [-0.2, 0) is 11.2 Å². The molecule has 1 aliphatic heterocycles. The Balaban J connectivity index is 1.64. The molecule has 1 amide bonds. The molecule has 0 bridgehead atoms. The van der Waals surface area contributed by atoms with Crippen LogP contribution in [0.4, 0.5) is 15.8 Å². The van der Waals surface area contributed by atoms with Crippen molar-refractivity contribution >= 4 is 17.3 Å². The van der Waals surface area contributed by atoms with E-state index in [2.05, 4.69) is 29.3 Å². The largest absolute Gasteiger partial charge is 0.371 e. The highest BCUT2D eigenvalue weighted by molar-refractivity contribution is 5.92. The van der Waals surface area contributed by atoms with Gasteiger partial charge < -0.3 is 10.2 Å². The van der Waals surface area contributed by atoms with Crippen LogP contribution >= 0.6 is 0 Å². The average molecular weight is 326 g/mol. The third-order valence-corrected chi connectivity index (χ3v) is 4.67. The van der Waals surface area contributed by atoms with Crippen LogP contribution in [0.25, 0.3) is 0 Å². The molecule has 3 nitrogen and oxygen atoms in total. The molecule has 0 saturated heterocycles. The topological polar surface area (TPSA) is 32.3 Å². The number of fused-ring (bicyclic) bond motifs is 1. The van der Waals surface area contributed by atoms with Gasteiger partial charge in [-0.3, -0.25) is 4.79 Å². The van der Waals surface area contributed by atoms with Crippen LogP contribution < -0.4 is 10.2 Å². The second-order valence-corrected chi connectivity index (χ2v) is 6.38. The van der Waals surface area contributed by atoms with Crippen molar-refractivity contribution in [2.75, 3.05) is 23.3 Å². The molecule has 1 atom stereocenters. The van der Waals surface area contributed by atoms with E-state index in [1.54, 1.807) is 12.1 Å². The van der Waals surface area contributed by atoms with E-state index in [-0.39, 0.29) is 17.6 Å². The van der Waals surface area contributed by atoms with E-state index in [9.17, 15) is 9.18 Å². The Morgan fingerprint density at radius 1 is 1.25 bits per heavy atom. The van der Waals surface area contributed by atoms with Gasteiger partial charge in [0.25, 0.3) is 0 Å².